The second-order valence-corrected chi connectivity index (χ2v) is 9.85. The SMILES string of the molecule is O=C(NC1CCCC(C(F)(F)F)C1)c1ccc(Cl)c(S(=O)(=O)NCC2CCCO2)c1. The second kappa shape index (κ2) is 9.42. The number of hydrogen-bond acceptors (Lipinski definition) is 4. The van der Waals surface area contributed by atoms with Gasteiger partial charge in [0.2, 0.25) is 10.0 Å². The lowest BCUT2D eigenvalue weighted by atomic mass is 9.85. The highest BCUT2D eigenvalue weighted by atomic mass is 35.5. The second-order valence-electron chi connectivity index (χ2n) is 7.71. The fourth-order valence-corrected chi connectivity index (χ4v) is 5.41. The van der Waals surface area contributed by atoms with E-state index in [2.05, 4.69) is 10.0 Å². The van der Waals surface area contributed by atoms with Crippen LogP contribution in [-0.4, -0.2) is 45.8 Å². The molecule has 3 unspecified atom stereocenters. The minimum Gasteiger partial charge on any atom is -0.377 e. The molecule has 3 rings (SSSR count). The number of hydrogen-bond donors (Lipinski definition) is 2. The zero-order chi connectivity index (χ0) is 21.9. The molecule has 1 amide bonds. The first-order valence-corrected chi connectivity index (χ1v) is 11.7. The molecule has 6 nitrogen and oxygen atoms in total. The smallest absolute Gasteiger partial charge is 0.377 e. The normalized spacial score (nSPS) is 25.3. The predicted molar refractivity (Wildman–Crippen MR) is 105 cm³/mol. The molecule has 1 heterocycles. The van der Waals surface area contributed by atoms with Gasteiger partial charge in [-0.15, -0.1) is 0 Å². The third kappa shape index (κ3) is 5.87. The Morgan fingerprint density at radius 3 is 2.63 bits per heavy atom. The molecule has 1 aromatic carbocycles. The number of benzene rings is 1. The average molecular weight is 469 g/mol. The van der Waals surface area contributed by atoms with Gasteiger partial charge in [-0.2, -0.15) is 13.2 Å². The summed E-state index contributed by atoms with van der Waals surface area (Å²) in [6, 6.07) is 3.16. The fraction of sp³-hybridized carbons (Fsp3) is 0.632. The number of carbonyl (C=O) groups excluding carboxylic acids is 1. The molecule has 30 heavy (non-hydrogen) atoms. The van der Waals surface area contributed by atoms with E-state index >= 15 is 0 Å². The zero-order valence-corrected chi connectivity index (χ0v) is 17.7. The maximum atomic E-state index is 13.0. The Morgan fingerprint density at radius 1 is 1.20 bits per heavy atom. The highest BCUT2D eigenvalue weighted by Gasteiger charge is 2.42. The zero-order valence-electron chi connectivity index (χ0n) is 16.2. The first kappa shape index (κ1) is 23.3. The number of sulfonamides is 1. The van der Waals surface area contributed by atoms with Gasteiger partial charge in [0, 0.05) is 24.8 Å². The van der Waals surface area contributed by atoms with Gasteiger partial charge in [0.05, 0.1) is 17.0 Å². The van der Waals surface area contributed by atoms with Crippen molar-refractivity contribution in [2.45, 2.75) is 61.7 Å². The molecule has 168 valence electrons. The molecule has 2 fully saturated rings. The van der Waals surface area contributed by atoms with Crippen LogP contribution in [0.2, 0.25) is 5.02 Å². The Morgan fingerprint density at radius 2 is 1.97 bits per heavy atom. The standard InChI is InChI=1S/C19H24ClF3N2O4S/c20-16-7-6-12(9-17(16)30(27,28)24-11-15-5-2-8-29-15)18(26)25-14-4-1-3-13(10-14)19(21,22)23/h6-7,9,13-15,24H,1-5,8,10-11H2,(H,25,26). The van der Waals surface area contributed by atoms with Gasteiger partial charge in [-0.05, 0) is 50.3 Å². The highest BCUT2D eigenvalue weighted by molar-refractivity contribution is 7.89. The lowest BCUT2D eigenvalue weighted by molar-refractivity contribution is -0.183. The molecule has 2 N–H and O–H groups in total. The van der Waals surface area contributed by atoms with E-state index < -0.39 is 34.1 Å². The molecule has 0 radical (unpaired) electrons. The van der Waals surface area contributed by atoms with Crippen LogP contribution in [0.5, 0.6) is 0 Å². The predicted octanol–water partition coefficient (Wildman–Crippen LogP) is 3.65. The molecule has 0 bridgehead atoms. The number of nitrogens with one attached hydrogen (secondary N) is 2. The number of carbonyl (C=O) groups is 1. The van der Waals surface area contributed by atoms with E-state index in [0.717, 1.165) is 18.9 Å². The summed E-state index contributed by atoms with van der Waals surface area (Å²) in [6.07, 6.45) is -2.22. The number of alkyl halides is 3. The number of amides is 1. The summed E-state index contributed by atoms with van der Waals surface area (Å²) in [5.41, 5.74) is 0.0195. The van der Waals surface area contributed by atoms with E-state index in [0.29, 0.717) is 19.4 Å². The minimum atomic E-state index is -4.29. The molecule has 0 aromatic heterocycles. The molecular formula is C19H24ClF3N2O4S. The highest BCUT2D eigenvalue weighted by Crippen LogP contribution is 2.37. The Bertz CT molecular complexity index is 873. The van der Waals surface area contributed by atoms with Crippen molar-refractivity contribution in [2.24, 2.45) is 5.92 Å². The van der Waals surface area contributed by atoms with Crippen molar-refractivity contribution in [3.8, 4) is 0 Å². The van der Waals surface area contributed by atoms with E-state index in [9.17, 15) is 26.4 Å². The molecule has 1 aliphatic carbocycles. The van der Waals surface area contributed by atoms with Crippen LogP contribution in [0, 0.1) is 5.92 Å². The van der Waals surface area contributed by atoms with Crippen molar-refractivity contribution in [3.63, 3.8) is 0 Å². The molecule has 11 heteroatoms. The molecule has 1 saturated heterocycles. The maximum absolute atomic E-state index is 13.0. The number of rotatable bonds is 6. The summed E-state index contributed by atoms with van der Waals surface area (Å²) < 4.78 is 72.0. The van der Waals surface area contributed by atoms with Crippen LogP contribution < -0.4 is 10.0 Å². The molecule has 3 atom stereocenters. The Kier molecular flexibility index (Phi) is 7.32. The van der Waals surface area contributed by atoms with Crippen LogP contribution in [0.3, 0.4) is 0 Å². The van der Waals surface area contributed by atoms with E-state index in [1.807, 2.05) is 0 Å². The third-order valence-corrected chi connectivity index (χ3v) is 7.39. The van der Waals surface area contributed by atoms with Crippen LogP contribution in [-0.2, 0) is 14.8 Å². The van der Waals surface area contributed by atoms with Crippen LogP contribution in [0.15, 0.2) is 23.1 Å². The van der Waals surface area contributed by atoms with E-state index in [-0.39, 0.29) is 41.0 Å². The first-order valence-electron chi connectivity index (χ1n) is 9.84. The van der Waals surface area contributed by atoms with Gasteiger partial charge in [-0.25, -0.2) is 13.1 Å². The number of halogens is 4. The molecule has 0 spiro atoms. The van der Waals surface area contributed by atoms with Gasteiger partial charge in [0.1, 0.15) is 4.90 Å². The van der Waals surface area contributed by atoms with Crippen molar-refractivity contribution >= 4 is 27.5 Å². The topological polar surface area (TPSA) is 84.5 Å². The van der Waals surface area contributed by atoms with E-state index in [4.69, 9.17) is 16.3 Å². The molecule has 1 aromatic rings. The summed E-state index contributed by atoms with van der Waals surface area (Å²) in [6.45, 7) is 0.676. The Balaban J connectivity index is 1.68. The molecular weight excluding hydrogens is 445 g/mol. The van der Waals surface area contributed by atoms with Crippen molar-refractivity contribution < 1.29 is 31.1 Å². The summed E-state index contributed by atoms with van der Waals surface area (Å²) >= 11 is 6.03. The van der Waals surface area contributed by atoms with Crippen LogP contribution in [0.4, 0.5) is 13.2 Å². The van der Waals surface area contributed by atoms with Crippen molar-refractivity contribution in [2.75, 3.05) is 13.2 Å². The van der Waals surface area contributed by atoms with E-state index in [1.165, 1.54) is 12.1 Å². The molecule has 1 aliphatic heterocycles. The third-order valence-electron chi connectivity index (χ3n) is 5.48. The average Bonchev–Trinajstić information content (AvgIpc) is 3.20. The maximum Gasteiger partial charge on any atom is 0.391 e. The van der Waals surface area contributed by atoms with Crippen molar-refractivity contribution in [1.29, 1.82) is 0 Å². The van der Waals surface area contributed by atoms with Crippen LogP contribution in [0.1, 0.15) is 48.9 Å². The first-order chi connectivity index (χ1) is 14.1. The van der Waals surface area contributed by atoms with Crippen LogP contribution in [0.25, 0.3) is 0 Å². The molecule has 2 aliphatic rings. The summed E-state index contributed by atoms with van der Waals surface area (Å²) in [5.74, 6) is -2.07. The van der Waals surface area contributed by atoms with Gasteiger partial charge < -0.3 is 10.1 Å². The van der Waals surface area contributed by atoms with Gasteiger partial charge in [0.25, 0.3) is 5.91 Å². The Hall–Kier alpha value is -1.36. The lowest BCUT2D eigenvalue weighted by Crippen LogP contribution is -2.41. The number of ether oxygens (including phenoxy) is 1. The van der Waals surface area contributed by atoms with Gasteiger partial charge in [-0.3, -0.25) is 4.79 Å². The quantitative estimate of drug-likeness (QED) is 0.667. The Labute approximate surface area is 178 Å². The largest absolute Gasteiger partial charge is 0.391 e. The van der Waals surface area contributed by atoms with Crippen molar-refractivity contribution in [3.05, 3.63) is 28.8 Å². The molecule has 1 saturated carbocycles. The van der Waals surface area contributed by atoms with E-state index in [1.54, 1.807) is 0 Å². The summed E-state index contributed by atoms with van der Waals surface area (Å²) in [7, 11) is -3.99. The van der Waals surface area contributed by atoms with Crippen LogP contribution >= 0.6 is 11.6 Å². The fourth-order valence-electron chi connectivity index (χ4n) is 3.82. The monoisotopic (exact) mass is 468 g/mol. The van der Waals surface area contributed by atoms with Gasteiger partial charge in [-0.1, -0.05) is 18.0 Å². The van der Waals surface area contributed by atoms with Gasteiger partial charge >= 0.3 is 6.18 Å². The van der Waals surface area contributed by atoms with Gasteiger partial charge in [0.15, 0.2) is 0 Å². The lowest BCUT2D eigenvalue weighted by Gasteiger charge is -2.31. The summed E-state index contributed by atoms with van der Waals surface area (Å²) in [4.78, 5) is 12.3. The minimum absolute atomic E-state index is 0.0195. The van der Waals surface area contributed by atoms with Crippen molar-refractivity contribution in [1.82, 2.24) is 10.0 Å². The summed E-state index contributed by atoms with van der Waals surface area (Å²) in [5, 5.41) is 2.54.